The van der Waals surface area contributed by atoms with Crippen LogP contribution in [0.4, 0.5) is 11.5 Å². The van der Waals surface area contributed by atoms with Crippen LogP contribution in [0.15, 0.2) is 35.5 Å². The van der Waals surface area contributed by atoms with Gasteiger partial charge in [0.25, 0.3) is 0 Å². The number of methoxy groups -OCH3 is 1. The van der Waals surface area contributed by atoms with E-state index in [0.717, 1.165) is 48.6 Å². The molecule has 1 N–H and O–H groups in total. The number of aromatic nitrogens is 1. The number of carbonyl (C=O) groups is 1. The quantitative estimate of drug-likeness (QED) is 0.477. The van der Waals surface area contributed by atoms with E-state index in [-0.39, 0.29) is 12.4 Å². The van der Waals surface area contributed by atoms with Gasteiger partial charge in [-0.3, -0.25) is 14.7 Å². The van der Waals surface area contributed by atoms with Crippen LogP contribution in [0, 0.1) is 0 Å². The topological polar surface area (TPSA) is 78.3 Å². The molecule has 1 atom stereocenters. The molecule has 0 aliphatic carbocycles. The van der Waals surface area contributed by atoms with Gasteiger partial charge in [-0.1, -0.05) is 6.92 Å². The summed E-state index contributed by atoms with van der Waals surface area (Å²) < 4.78 is 5.45. The summed E-state index contributed by atoms with van der Waals surface area (Å²) in [6.45, 7) is 8.14. The highest BCUT2D eigenvalue weighted by molar-refractivity contribution is 6.07. The number of likely N-dealkylation sites (N-methyl/N-ethyl adjacent to an activating group) is 1. The Hall–Kier alpha value is -2.77. The van der Waals surface area contributed by atoms with Crippen molar-refractivity contribution in [1.29, 1.82) is 0 Å². The normalized spacial score (nSPS) is 16.7. The highest BCUT2D eigenvalue weighted by Crippen LogP contribution is 2.32. The minimum atomic E-state index is -0.00299. The van der Waals surface area contributed by atoms with Crippen LogP contribution in [0.3, 0.4) is 0 Å². The summed E-state index contributed by atoms with van der Waals surface area (Å²) in [5, 5.41) is 9.26. The Morgan fingerprint density at radius 2 is 2.16 bits per heavy atom. The van der Waals surface area contributed by atoms with Crippen LogP contribution in [0.2, 0.25) is 0 Å². The summed E-state index contributed by atoms with van der Waals surface area (Å²) in [7, 11) is 3.67. The van der Waals surface area contributed by atoms with Crippen molar-refractivity contribution in [2.75, 3.05) is 45.3 Å². The van der Waals surface area contributed by atoms with E-state index in [1.165, 1.54) is 0 Å². The summed E-state index contributed by atoms with van der Waals surface area (Å²) in [4.78, 5) is 26.5. The number of benzene rings is 1. The highest BCUT2D eigenvalue weighted by Gasteiger charge is 2.28. The third kappa shape index (κ3) is 5.16. The molecule has 0 saturated carbocycles. The molecule has 1 fully saturated rings. The first-order valence-corrected chi connectivity index (χ1v) is 11.2. The van der Waals surface area contributed by atoms with Crippen molar-refractivity contribution in [2.45, 2.75) is 39.7 Å². The first kappa shape index (κ1) is 23.9. The average Bonchev–Trinajstić information content (AvgIpc) is 3.28. The number of rotatable bonds is 9. The van der Waals surface area contributed by atoms with Gasteiger partial charge in [0.1, 0.15) is 11.6 Å². The van der Waals surface area contributed by atoms with Crippen molar-refractivity contribution < 1.29 is 14.6 Å². The number of pyridine rings is 1. The van der Waals surface area contributed by atoms with Gasteiger partial charge in [0, 0.05) is 54.8 Å². The van der Waals surface area contributed by atoms with E-state index >= 15 is 0 Å². The summed E-state index contributed by atoms with van der Waals surface area (Å²) in [5.74, 6) is 1.59. The molecule has 172 valence electrons. The Bertz CT molecular complexity index is 989. The van der Waals surface area contributed by atoms with Crippen LogP contribution in [-0.4, -0.2) is 72.9 Å². The summed E-state index contributed by atoms with van der Waals surface area (Å²) >= 11 is 0. The lowest BCUT2D eigenvalue weighted by Crippen LogP contribution is -2.36. The number of ether oxygens (including phenoxy) is 1. The number of aliphatic imine (C=N–C) groups is 1. The molecule has 1 aliphatic rings. The molecule has 7 nitrogen and oxygen atoms in total. The van der Waals surface area contributed by atoms with Crippen molar-refractivity contribution in [2.24, 2.45) is 4.99 Å². The largest absolute Gasteiger partial charge is 0.497 e. The van der Waals surface area contributed by atoms with E-state index in [9.17, 15) is 9.90 Å². The van der Waals surface area contributed by atoms with E-state index in [1.807, 2.05) is 45.2 Å². The molecule has 3 rings (SSSR count). The fourth-order valence-electron chi connectivity index (χ4n) is 4.35. The lowest BCUT2D eigenvalue weighted by molar-refractivity contribution is 0.101. The van der Waals surface area contributed by atoms with E-state index in [0.29, 0.717) is 29.6 Å². The fraction of sp³-hybridized carbons (Fsp3) is 0.480. The van der Waals surface area contributed by atoms with Gasteiger partial charge < -0.3 is 14.7 Å². The zero-order valence-corrected chi connectivity index (χ0v) is 19.8. The first-order chi connectivity index (χ1) is 15.4. The van der Waals surface area contributed by atoms with Crippen LogP contribution in [0.5, 0.6) is 5.75 Å². The van der Waals surface area contributed by atoms with E-state index in [2.05, 4.69) is 14.8 Å². The number of nitrogens with zero attached hydrogens (tertiary/aromatic N) is 4. The second-order valence-corrected chi connectivity index (χ2v) is 8.25. The third-order valence-corrected chi connectivity index (χ3v) is 6.14. The number of hydrogen-bond donors (Lipinski definition) is 1. The van der Waals surface area contributed by atoms with Crippen molar-refractivity contribution in [3.63, 3.8) is 0 Å². The van der Waals surface area contributed by atoms with E-state index in [1.54, 1.807) is 20.2 Å². The molecule has 1 aromatic heterocycles. The Labute approximate surface area is 190 Å². The van der Waals surface area contributed by atoms with Crippen LogP contribution in [0.1, 0.15) is 48.7 Å². The lowest BCUT2D eigenvalue weighted by Gasteiger charge is -2.25. The molecule has 2 aromatic rings. The Morgan fingerprint density at radius 1 is 1.38 bits per heavy atom. The molecular weight excluding hydrogens is 404 g/mol. The molecule has 2 heterocycles. The van der Waals surface area contributed by atoms with E-state index < -0.39 is 0 Å². The summed E-state index contributed by atoms with van der Waals surface area (Å²) in [6.07, 6.45) is 3.55. The maximum absolute atomic E-state index is 12.4. The second kappa shape index (κ2) is 10.7. The number of hydrogen-bond acceptors (Lipinski definition) is 7. The van der Waals surface area contributed by atoms with Gasteiger partial charge in [-0.05, 0) is 57.5 Å². The van der Waals surface area contributed by atoms with Crippen molar-refractivity contribution >= 4 is 23.0 Å². The number of Topliss-reactive ketones (excluding diaryl/α,β-unsaturated/α-hetero) is 1. The van der Waals surface area contributed by atoms with Gasteiger partial charge in [0.2, 0.25) is 0 Å². The highest BCUT2D eigenvalue weighted by atomic mass is 16.5. The number of anilines is 1. The SMILES string of the molecule is CCc1cc(OC)cc(/N=C(\C)c2cccnc2N2CCC(N(C)CCO)C2)c1C(C)=O. The predicted molar refractivity (Wildman–Crippen MR) is 129 cm³/mol. The van der Waals surface area contributed by atoms with Gasteiger partial charge in [-0.2, -0.15) is 0 Å². The third-order valence-electron chi connectivity index (χ3n) is 6.14. The lowest BCUT2D eigenvalue weighted by atomic mass is 9.99. The van der Waals surface area contributed by atoms with Crippen molar-refractivity contribution in [3.05, 3.63) is 47.2 Å². The minimum Gasteiger partial charge on any atom is -0.497 e. The molecule has 32 heavy (non-hydrogen) atoms. The van der Waals surface area contributed by atoms with E-state index in [4.69, 9.17) is 9.73 Å². The van der Waals surface area contributed by atoms with Gasteiger partial charge >= 0.3 is 0 Å². The zero-order valence-electron chi connectivity index (χ0n) is 19.8. The monoisotopic (exact) mass is 438 g/mol. The molecule has 0 bridgehead atoms. The fourth-order valence-corrected chi connectivity index (χ4v) is 4.35. The zero-order chi connectivity index (χ0) is 23.3. The van der Waals surface area contributed by atoms with Crippen LogP contribution in [0.25, 0.3) is 0 Å². The molecule has 0 radical (unpaired) electrons. The van der Waals surface area contributed by atoms with Gasteiger partial charge in [-0.15, -0.1) is 0 Å². The number of aliphatic hydroxyl groups is 1. The van der Waals surface area contributed by atoms with Gasteiger partial charge in [0.15, 0.2) is 5.78 Å². The van der Waals surface area contributed by atoms with Crippen LogP contribution in [-0.2, 0) is 6.42 Å². The Kier molecular flexibility index (Phi) is 7.99. The molecule has 0 spiro atoms. The molecule has 0 amide bonds. The number of carbonyl (C=O) groups excluding carboxylic acids is 1. The summed E-state index contributed by atoms with van der Waals surface area (Å²) in [5.41, 5.74) is 3.96. The molecule has 7 heteroatoms. The molecule has 1 unspecified atom stereocenters. The second-order valence-electron chi connectivity index (χ2n) is 8.25. The molecule has 1 aromatic carbocycles. The first-order valence-electron chi connectivity index (χ1n) is 11.2. The minimum absolute atomic E-state index is 0.00299. The van der Waals surface area contributed by atoms with Gasteiger partial charge in [0.05, 0.1) is 19.4 Å². The number of aryl methyl sites for hydroxylation is 1. The van der Waals surface area contributed by atoms with Crippen LogP contribution < -0.4 is 9.64 Å². The maximum atomic E-state index is 12.4. The standard InChI is InChI=1S/C25H34N4O3/c1-6-19-14-21(32-5)15-23(24(19)18(3)31)27-17(2)22-8-7-10-26-25(22)29-11-9-20(16-29)28(4)12-13-30/h7-8,10,14-15,20,30H,6,9,11-13,16H2,1-5H3/b27-17+. The maximum Gasteiger partial charge on any atom is 0.162 e. The molecule has 1 saturated heterocycles. The van der Waals surface area contributed by atoms with Crippen molar-refractivity contribution in [3.8, 4) is 5.75 Å². The number of aliphatic hydroxyl groups excluding tert-OH is 1. The molecular formula is C25H34N4O3. The van der Waals surface area contributed by atoms with Crippen LogP contribution >= 0.6 is 0 Å². The predicted octanol–water partition coefficient (Wildman–Crippen LogP) is 3.50. The van der Waals surface area contributed by atoms with Crippen molar-refractivity contribution in [1.82, 2.24) is 9.88 Å². The summed E-state index contributed by atoms with van der Waals surface area (Å²) in [6, 6.07) is 8.06. The molecule has 1 aliphatic heterocycles. The van der Waals surface area contributed by atoms with Gasteiger partial charge in [-0.25, -0.2) is 4.98 Å². The number of ketones is 1. The Balaban J connectivity index is 1.98. The smallest absolute Gasteiger partial charge is 0.162 e. The Morgan fingerprint density at radius 3 is 2.81 bits per heavy atom. The average molecular weight is 439 g/mol.